The second-order valence-corrected chi connectivity index (χ2v) is 7.65. The van der Waals surface area contributed by atoms with Gasteiger partial charge in [-0.2, -0.15) is 10.2 Å². The standard InChI is InChI=1S/C26H26N4O.C2H6/c1-18-10-12-24(13-11-18)30(4)27-17-21-14-19(2)26-22(15-21)16-25(31-26)20(3)28-29-23-8-6-5-7-9-23;1-2/h5-17,29H,1-4H3;1-2H3/b27-17-,28-20-;. The number of nitrogens with zero attached hydrogens (tertiary/aromatic N) is 3. The summed E-state index contributed by atoms with van der Waals surface area (Å²) in [5.41, 5.74) is 10.0. The zero-order chi connectivity index (χ0) is 23.8. The molecule has 0 saturated carbocycles. The van der Waals surface area contributed by atoms with Gasteiger partial charge in [0, 0.05) is 12.4 Å². The molecule has 0 spiro atoms. The van der Waals surface area contributed by atoms with Crippen LogP contribution in [0.2, 0.25) is 0 Å². The highest BCUT2D eigenvalue weighted by Crippen LogP contribution is 2.25. The maximum atomic E-state index is 6.08. The summed E-state index contributed by atoms with van der Waals surface area (Å²) in [6, 6.07) is 24.3. The molecule has 5 nitrogen and oxygen atoms in total. The van der Waals surface area contributed by atoms with Crippen LogP contribution in [0.1, 0.15) is 43.2 Å². The number of furan rings is 1. The average Bonchev–Trinajstić information content (AvgIpc) is 3.28. The van der Waals surface area contributed by atoms with Crippen LogP contribution in [0.25, 0.3) is 11.0 Å². The van der Waals surface area contributed by atoms with Crippen LogP contribution < -0.4 is 10.4 Å². The molecule has 4 aromatic rings. The number of rotatable bonds is 6. The van der Waals surface area contributed by atoms with Crippen LogP contribution in [0.5, 0.6) is 0 Å². The molecule has 170 valence electrons. The molecule has 0 aliphatic rings. The monoisotopic (exact) mass is 440 g/mol. The summed E-state index contributed by atoms with van der Waals surface area (Å²) < 4.78 is 6.08. The van der Waals surface area contributed by atoms with Gasteiger partial charge in [-0.1, -0.05) is 49.7 Å². The van der Waals surface area contributed by atoms with E-state index < -0.39 is 0 Å². The van der Waals surface area contributed by atoms with Crippen molar-refractivity contribution in [2.24, 2.45) is 10.2 Å². The van der Waals surface area contributed by atoms with E-state index in [9.17, 15) is 0 Å². The number of hydrazone groups is 2. The Morgan fingerprint density at radius 3 is 2.33 bits per heavy atom. The summed E-state index contributed by atoms with van der Waals surface area (Å²) >= 11 is 0. The van der Waals surface area contributed by atoms with Crippen LogP contribution in [0.4, 0.5) is 11.4 Å². The minimum atomic E-state index is 0.743. The highest BCUT2D eigenvalue weighted by molar-refractivity contribution is 6.01. The van der Waals surface area contributed by atoms with Crippen molar-refractivity contribution in [2.75, 3.05) is 17.5 Å². The van der Waals surface area contributed by atoms with Gasteiger partial charge in [0.2, 0.25) is 0 Å². The molecule has 0 atom stereocenters. The lowest BCUT2D eigenvalue weighted by molar-refractivity contribution is 0.602. The first kappa shape index (κ1) is 23.8. The Morgan fingerprint density at radius 1 is 0.939 bits per heavy atom. The summed E-state index contributed by atoms with van der Waals surface area (Å²) in [6.07, 6.45) is 1.87. The lowest BCUT2D eigenvalue weighted by Gasteiger charge is -2.12. The number of aryl methyl sites for hydroxylation is 2. The SMILES string of the molecule is C/C(=N/Nc1ccccc1)c1cc2cc(/C=N\N(C)c3ccc(C)cc3)cc(C)c2o1.CC. The Balaban J connectivity index is 0.00000149. The van der Waals surface area contributed by atoms with Gasteiger partial charge < -0.3 is 4.42 Å². The van der Waals surface area contributed by atoms with Gasteiger partial charge in [0.05, 0.1) is 17.6 Å². The van der Waals surface area contributed by atoms with Gasteiger partial charge >= 0.3 is 0 Å². The topological polar surface area (TPSA) is 53.1 Å². The molecule has 1 heterocycles. The summed E-state index contributed by atoms with van der Waals surface area (Å²) in [6.45, 7) is 10.1. The number of anilines is 2. The summed E-state index contributed by atoms with van der Waals surface area (Å²) in [4.78, 5) is 0. The van der Waals surface area contributed by atoms with E-state index in [0.717, 1.165) is 44.9 Å². The number of hydrogen-bond acceptors (Lipinski definition) is 5. The largest absolute Gasteiger partial charge is 0.454 e. The normalized spacial score (nSPS) is 11.4. The van der Waals surface area contributed by atoms with Crippen LogP contribution in [0.15, 0.2) is 87.4 Å². The third kappa shape index (κ3) is 6.10. The van der Waals surface area contributed by atoms with E-state index >= 15 is 0 Å². The third-order valence-corrected chi connectivity index (χ3v) is 5.10. The molecule has 0 saturated heterocycles. The predicted octanol–water partition coefficient (Wildman–Crippen LogP) is 7.38. The fraction of sp³-hybridized carbons (Fsp3) is 0.214. The fourth-order valence-electron chi connectivity index (χ4n) is 3.31. The summed E-state index contributed by atoms with van der Waals surface area (Å²) in [5, 5.41) is 11.9. The first-order valence-corrected chi connectivity index (χ1v) is 11.2. The molecule has 0 fully saturated rings. The van der Waals surface area contributed by atoms with Crippen molar-refractivity contribution in [1.82, 2.24) is 0 Å². The Hall–Kier alpha value is -3.86. The molecule has 0 aliphatic heterocycles. The highest BCUT2D eigenvalue weighted by Gasteiger charge is 2.10. The Bertz CT molecular complexity index is 1240. The Labute approximate surface area is 196 Å². The minimum Gasteiger partial charge on any atom is -0.454 e. The molecule has 4 rings (SSSR count). The first-order valence-electron chi connectivity index (χ1n) is 11.2. The smallest absolute Gasteiger partial charge is 0.151 e. The number of para-hydroxylation sites is 1. The molecule has 0 amide bonds. The molecule has 5 heteroatoms. The van der Waals surface area contributed by atoms with Crippen molar-refractivity contribution >= 4 is 34.3 Å². The van der Waals surface area contributed by atoms with Crippen molar-refractivity contribution in [3.63, 3.8) is 0 Å². The van der Waals surface area contributed by atoms with Crippen LogP contribution in [-0.4, -0.2) is 19.0 Å². The molecular weight excluding hydrogens is 408 g/mol. The van der Waals surface area contributed by atoms with Crippen LogP contribution in [-0.2, 0) is 0 Å². The van der Waals surface area contributed by atoms with E-state index in [1.165, 1.54) is 5.56 Å². The lowest BCUT2D eigenvalue weighted by Crippen LogP contribution is -2.08. The van der Waals surface area contributed by atoms with Gasteiger partial charge in [0.1, 0.15) is 11.3 Å². The zero-order valence-electron chi connectivity index (χ0n) is 20.3. The molecule has 0 aliphatic carbocycles. The first-order chi connectivity index (χ1) is 16.0. The van der Waals surface area contributed by atoms with E-state index in [-0.39, 0.29) is 0 Å². The Kier molecular flexibility index (Phi) is 8.03. The third-order valence-electron chi connectivity index (χ3n) is 5.10. The number of benzene rings is 3. The zero-order valence-corrected chi connectivity index (χ0v) is 20.3. The van der Waals surface area contributed by atoms with Crippen LogP contribution in [0, 0.1) is 13.8 Å². The van der Waals surface area contributed by atoms with Crippen LogP contribution in [0.3, 0.4) is 0 Å². The van der Waals surface area contributed by atoms with E-state index in [1.807, 2.05) is 82.4 Å². The maximum absolute atomic E-state index is 6.08. The van der Waals surface area contributed by atoms with E-state index in [2.05, 4.69) is 59.0 Å². The molecule has 1 aromatic heterocycles. The minimum absolute atomic E-state index is 0.743. The van der Waals surface area contributed by atoms with Crippen molar-refractivity contribution in [3.05, 3.63) is 95.2 Å². The fourth-order valence-corrected chi connectivity index (χ4v) is 3.31. The van der Waals surface area contributed by atoms with Gasteiger partial charge in [-0.3, -0.25) is 10.4 Å². The summed E-state index contributed by atoms with van der Waals surface area (Å²) in [5.74, 6) is 0.743. The molecule has 0 unspecified atom stereocenters. The van der Waals surface area contributed by atoms with Crippen molar-refractivity contribution < 1.29 is 4.42 Å². The van der Waals surface area contributed by atoms with E-state index in [1.54, 1.807) is 0 Å². The predicted molar refractivity (Wildman–Crippen MR) is 142 cm³/mol. The van der Waals surface area contributed by atoms with Crippen molar-refractivity contribution in [2.45, 2.75) is 34.6 Å². The van der Waals surface area contributed by atoms with E-state index in [0.29, 0.717) is 0 Å². The highest BCUT2D eigenvalue weighted by atomic mass is 16.3. The molecular formula is C28H32N4O. The number of nitrogens with one attached hydrogen (secondary N) is 1. The number of hydrogen-bond donors (Lipinski definition) is 1. The number of fused-ring (bicyclic) bond motifs is 1. The molecule has 33 heavy (non-hydrogen) atoms. The second kappa shape index (κ2) is 11.1. The molecule has 0 radical (unpaired) electrons. The van der Waals surface area contributed by atoms with Gasteiger partial charge in [-0.25, -0.2) is 0 Å². The lowest BCUT2D eigenvalue weighted by atomic mass is 10.1. The van der Waals surface area contributed by atoms with Gasteiger partial charge in [-0.15, -0.1) is 0 Å². The van der Waals surface area contributed by atoms with Crippen molar-refractivity contribution in [1.29, 1.82) is 0 Å². The van der Waals surface area contributed by atoms with Gasteiger partial charge in [-0.05, 0) is 74.4 Å². The quantitative estimate of drug-likeness (QED) is 0.251. The Morgan fingerprint density at radius 2 is 1.64 bits per heavy atom. The molecule has 1 N–H and O–H groups in total. The van der Waals surface area contributed by atoms with E-state index in [4.69, 9.17) is 4.42 Å². The summed E-state index contributed by atoms with van der Waals surface area (Å²) in [7, 11) is 1.95. The average molecular weight is 441 g/mol. The maximum Gasteiger partial charge on any atom is 0.151 e. The van der Waals surface area contributed by atoms with Crippen molar-refractivity contribution in [3.8, 4) is 0 Å². The van der Waals surface area contributed by atoms with Crippen LogP contribution >= 0.6 is 0 Å². The van der Waals surface area contributed by atoms with Gasteiger partial charge in [0.15, 0.2) is 5.76 Å². The molecule has 0 bridgehead atoms. The second-order valence-electron chi connectivity index (χ2n) is 7.65. The molecule has 3 aromatic carbocycles. The van der Waals surface area contributed by atoms with Gasteiger partial charge in [0.25, 0.3) is 0 Å².